The predicted molar refractivity (Wildman–Crippen MR) is 115 cm³/mol. The molecular formula is C19H20N6O6S. The Morgan fingerprint density at radius 2 is 1.72 bits per heavy atom. The van der Waals surface area contributed by atoms with Gasteiger partial charge in [-0.2, -0.15) is 0 Å². The van der Waals surface area contributed by atoms with E-state index in [2.05, 4.69) is 25.3 Å². The Labute approximate surface area is 183 Å². The van der Waals surface area contributed by atoms with Crippen molar-refractivity contribution in [3.05, 3.63) is 36.7 Å². The molecule has 12 nitrogen and oxygen atoms in total. The van der Waals surface area contributed by atoms with Gasteiger partial charge in [-0.05, 0) is 18.2 Å². The van der Waals surface area contributed by atoms with Crippen LogP contribution in [0.4, 0.5) is 17.5 Å². The summed E-state index contributed by atoms with van der Waals surface area (Å²) < 4.78 is 51.5. The van der Waals surface area contributed by atoms with Crippen molar-refractivity contribution in [3.8, 4) is 17.2 Å². The third-order valence-electron chi connectivity index (χ3n) is 4.52. The first-order valence-corrected chi connectivity index (χ1v) is 10.7. The van der Waals surface area contributed by atoms with Crippen molar-refractivity contribution in [3.63, 3.8) is 0 Å². The molecule has 0 saturated carbocycles. The van der Waals surface area contributed by atoms with Crippen LogP contribution in [0.3, 0.4) is 0 Å². The predicted octanol–water partition coefficient (Wildman–Crippen LogP) is 2.53. The number of fused-ring (bicyclic) bond motifs is 1. The maximum atomic E-state index is 13.2. The molecule has 0 saturated heterocycles. The number of methoxy groups -OCH3 is 3. The molecule has 2 heterocycles. The van der Waals surface area contributed by atoms with Crippen LogP contribution in [0.25, 0.3) is 11.0 Å². The van der Waals surface area contributed by atoms with Crippen LogP contribution in [-0.2, 0) is 17.1 Å². The van der Waals surface area contributed by atoms with Crippen LogP contribution >= 0.6 is 0 Å². The second kappa shape index (κ2) is 8.26. The Morgan fingerprint density at radius 3 is 2.31 bits per heavy atom. The van der Waals surface area contributed by atoms with Gasteiger partial charge in [0.1, 0.15) is 23.6 Å². The van der Waals surface area contributed by atoms with Gasteiger partial charge in [0.25, 0.3) is 10.0 Å². The monoisotopic (exact) mass is 460 g/mol. The average Bonchev–Trinajstić information content (AvgIpc) is 3.37. The molecule has 0 bridgehead atoms. The number of ether oxygens (including phenoxy) is 3. The summed E-state index contributed by atoms with van der Waals surface area (Å²) in [6, 6.07) is 7.86. The molecule has 0 aliphatic rings. The summed E-state index contributed by atoms with van der Waals surface area (Å²) in [4.78, 5) is 3.95. The number of aromatic nitrogens is 4. The third kappa shape index (κ3) is 3.85. The van der Waals surface area contributed by atoms with E-state index in [0.717, 1.165) is 0 Å². The molecule has 0 amide bonds. The van der Waals surface area contributed by atoms with Crippen molar-refractivity contribution in [2.75, 3.05) is 31.4 Å². The van der Waals surface area contributed by atoms with E-state index in [4.69, 9.17) is 18.7 Å². The van der Waals surface area contributed by atoms with Gasteiger partial charge in [-0.1, -0.05) is 11.2 Å². The van der Waals surface area contributed by atoms with Crippen LogP contribution in [0.5, 0.6) is 17.2 Å². The summed E-state index contributed by atoms with van der Waals surface area (Å²) in [5, 5.41) is 11.4. The molecule has 0 radical (unpaired) electrons. The Morgan fingerprint density at radius 1 is 1.03 bits per heavy atom. The van der Waals surface area contributed by atoms with E-state index in [1.54, 1.807) is 36.3 Å². The molecule has 0 spiro atoms. The highest BCUT2D eigenvalue weighted by Crippen LogP contribution is 2.38. The van der Waals surface area contributed by atoms with E-state index < -0.39 is 10.0 Å². The Balaban J connectivity index is 1.73. The van der Waals surface area contributed by atoms with Gasteiger partial charge in [-0.15, -0.1) is 5.10 Å². The Hall–Kier alpha value is -4.00. The molecule has 2 aromatic heterocycles. The topological polar surface area (TPSA) is 143 Å². The lowest BCUT2D eigenvalue weighted by Crippen LogP contribution is -2.15. The van der Waals surface area contributed by atoms with E-state index in [-0.39, 0.29) is 22.2 Å². The van der Waals surface area contributed by atoms with Gasteiger partial charge in [0.15, 0.2) is 16.3 Å². The summed E-state index contributed by atoms with van der Waals surface area (Å²) in [7, 11) is 1.82. The first kappa shape index (κ1) is 21.2. The zero-order valence-electron chi connectivity index (χ0n) is 17.6. The fourth-order valence-corrected chi connectivity index (χ4v) is 4.42. The van der Waals surface area contributed by atoms with Gasteiger partial charge in [0.2, 0.25) is 5.95 Å². The van der Waals surface area contributed by atoms with Gasteiger partial charge in [0.05, 0.1) is 32.4 Å². The van der Waals surface area contributed by atoms with Crippen LogP contribution in [0.15, 0.2) is 46.1 Å². The Bertz CT molecular complexity index is 1360. The van der Waals surface area contributed by atoms with Crippen LogP contribution < -0.4 is 24.2 Å². The largest absolute Gasteiger partial charge is 0.495 e. The maximum Gasteiger partial charge on any atom is 0.270 e. The zero-order chi connectivity index (χ0) is 22.9. The minimum Gasteiger partial charge on any atom is -0.495 e. The minimum absolute atomic E-state index is 0.0197. The van der Waals surface area contributed by atoms with Crippen molar-refractivity contribution < 1.29 is 27.2 Å². The van der Waals surface area contributed by atoms with Crippen LogP contribution in [0.1, 0.15) is 0 Å². The number of nitrogens with one attached hydrogen (secondary N) is 2. The van der Waals surface area contributed by atoms with Gasteiger partial charge in [-0.3, -0.25) is 9.40 Å². The van der Waals surface area contributed by atoms with E-state index in [0.29, 0.717) is 28.4 Å². The third-order valence-corrected chi connectivity index (χ3v) is 5.92. The van der Waals surface area contributed by atoms with Crippen LogP contribution in [-0.4, -0.2) is 49.7 Å². The average molecular weight is 460 g/mol. The van der Waals surface area contributed by atoms with E-state index >= 15 is 0 Å². The van der Waals surface area contributed by atoms with Crippen molar-refractivity contribution >= 4 is 38.4 Å². The molecule has 2 aromatic carbocycles. The van der Waals surface area contributed by atoms with Gasteiger partial charge < -0.3 is 24.1 Å². The number of hydrogen-bond donors (Lipinski definition) is 2. The summed E-state index contributed by atoms with van der Waals surface area (Å²) in [5.41, 5.74) is 0.831. The number of sulfonamides is 1. The van der Waals surface area contributed by atoms with Gasteiger partial charge >= 0.3 is 0 Å². The molecule has 0 aliphatic heterocycles. The summed E-state index contributed by atoms with van der Waals surface area (Å²) in [6.07, 6.45) is 1.54. The second-order valence-corrected chi connectivity index (χ2v) is 8.16. The number of benzene rings is 2. The molecule has 13 heteroatoms. The SMILES string of the molecule is COc1cc2c(NS(=O)(=O)c3c(OC)cccc3OC)noc2cc1Nc1ncn(C)n1. The van der Waals surface area contributed by atoms with E-state index in [1.807, 2.05) is 0 Å². The first-order chi connectivity index (χ1) is 15.4. The van der Waals surface area contributed by atoms with E-state index in [9.17, 15) is 8.42 Å². The smallest absolute Gasteiger partial charge is 0.270 e. The van der Waals surface area contributed by atoms with Crippen LogP contribution in [0.2, 0.25) is 0 Å². The summed E-state index contributed by atoms with van der Waals surface area (Å²) in [5.74, 6) is 0.985. The molecule has 0 unspecified atom stereocenters. The maximum absolute atomic E-state index is 13.2. The molecular weight excluding hydrogens is 440 g/mol. The molecule has 4 aromatic rings. The number of aryl methyl sites for hydroxylation is 1. The number of anilines is 3. The molecule has 168 valence electrons. The molecule has 4 rings (SSSR count). The van der Waals surface area contributed by atoms with Crippen molar-refractivity contribution in [2.24, 2.45) is 7.05 Å². The molecule has 0 atom stereocenters. The molecule has 0 aliphatic carbocycles. The molecule has 32 heavy (non-hydrogen) atoms. The van der Waals surface area contributed by atoms with Crippen molar-refractivity contribution in [1.82, 2.24) is 19.9 Å². The molecule has 0 fully saturated rings. The lowest BCUT2D eigenvalue weighted by Gasteiger charge is -2.13. The van der Waals surface area contributed by atoms with E-state index in [1.165, 1.54) is 33.5 Å². The first-order valence-electron chi connectivity index (χ1n) is 9.20. The second-order valence-electron chi connectivity index (χ2n) is 6.54. The number of nitrogens with zero attached hydrogens (tertiary/aromatic N) is 4. The number of hydrogen-bond acceptors (Lipinski definition) is 10. The number of rotatable bonds is 8. The van der Waals surface area contributed by atoms with Gasteiger partial charge in [0, 0.05) is 13.1 Å². The standard InChI is InChI=1S/C19H20N6O6S/c1-25-10-20-19(22-25)21-12-9-15-11(8-16(12)30-4)18(23-31-15)24-32(26,27)17-13(28-2)6-5-7-14(17)29-3/h5-10H,1-4H3,(H,21,22)(H,23,24). The van der Waals surface area contributed by atoms with Crippen molar-refractivity contribution in [2.45, 2.75) is 4.90 Å². The fourth-order valence-electron chi connectivity index (χ4n) is 3.08. The van der Waals surface area contributed by atoms with Crippen LogP contribution in [0, 0.1) is 0 Å². The van der Waals surface area contributed by atoms with Crippen molar-refractivity contribution in [1.29, 1.82) is 0 Å². The fraction of sp³-hybridized carbons (Fsp3) is 0.211. The summed E-state index contributed by atoms with van der Waals surface area (Å²) in [6.45, 7) is 0. The highest BCUT2D eigenvalue weighted by atomic mass is 32.2. The van der Waals surface area contributed by atoms with Gasteiger partial charge in [-0.25, -0.2) is 13.4 Å². The lowest BCUT2D eigenvalue weighted by atomic mass is 10.2. The highest BCUT2D eigenvalue weighted by molar-refractivity contribution is 7.93. The Kier molecular flexibility index (Phi) is 5.48. The normalized spacial score (nSPS) is 11.4. The molecule has 2 N–H and O–H groups in total. The minimum atomic E-state index is -4.14. The zero-order valence-corrected chi connectivity index (χ0v) is 18.4. The quantitative estimate of drug-likeness (QED) is 0.403. The summed E-state index contributed by atoms with van der Waals surface area (Å²) >= 11 is 0. The highest BCUT2D eigenvalue weighted by Gasteiger charge is 2.27. The lowest BCUT2D eigenvalue weighted by molar-refractivity contribution is 0.373.